The fraction of sp³-hybridized carbons (Fsp3) is 0.667. The molecule has 23 heavy (non-hydrogen) atoms. The molecule has 0 bridgehead atoms. The second kappa shape index (κ2) is 7.99. The monoisotopic (exact) mass is 318 g/mol. The molecular weight excluding hydrogens is 288 g/mol. The number of hydrogen-bond donors (Lipinski definition) is 1. The van der Waals surface area contributed by atoms with Crippen LogP contribution >= 0.6 is 0 Å². The quantitative estimate of drug-likeness (QED) is 0.834. The van der Waals surface area contributed by atoms with Gasteiger partial charge in [0.05, 0.1) is 12.7 Å². The van der Waals surface area contributed by atoms with Crippen LogP contribution < -0.4 is 10.6 Å². The highest BCUT2D eigenvalue weighted by molar-refractivity contribution is 5.53. The van der Waals surface area contributed by atoms with E-state index in [2.05, 4.69) is 33.9 Å². The Kier molecular flexibility index (Phi) is 5.75. The lowest BCUT2D eigenvalue weighted by atomic mass is 10.2. The summed E-state index contributed by atoms with van der Waals surface area (Å²) in [4.78, 5) is 7.35. The van der Waals surface area contributed by atoms with Crippen LogP contribution in [0.5, 0.6) is 0 Å². The Morgan fingerprint density at radius 2 is 1.91 bits per heavy atom. The van der Waals surface area contributed by atoms with Gasteiger partial charge in [0.15, 0.2) is 0 Å². The maximum Gasteiger partial charge on any atom is 0.0767 e. The molecule has 2 aliphatic rings. The lowest BCUT2D eigenvalue weighted by Gasteiger charge is -2.22. The van der Waals surface area contributed by atoms with Gasteiger partial charge in [-0.15, -0.1) is 0 Å². The number of anilines is 2. The SMILES string of the molecule is CN1CCCN(CCOC2CCN(c3ccc(N)cc3)C2)CC1. The zero-order valence-electron chi connectivity index (χ0n) is 14.3. The molecule has 2 saturated heterocycles. The van der Waals surface area contributed by atoms with E-state index in [1.807, 2.05) is 12.1 Å². The van der Waals surface area contributed by atoms with Crippen molar-refractivity contribution in [2.75, 3.05) is 70.1 Å². The molecule has 2 N–H and O–H groups in total. The molecule has 0 radical (unpaired) electrons. The van der Waals surface area contributed by atoms with E-state index in [4.69, 9.17) is 10.5 Å². The Labute approximate surface area is 140 Å². The number of likely N-dealkylation sites (N-methyl/N-ethyl adjacent to an activating group) is 1. The zero-order chi connectivity index (χ0) is 16.1. The molecule has 1 aromatic carbocycles. The van der Waals surface area contributed by atoms with Crippen molar-refractivity contribution < 1.29 is 4.74 Å². The van der Waals surface area contributed by atoms with Crippen molar-refractivity contribution in [3.63, 3.8) is 0 Å². The van der Waals surface area contributed by atoms with Crippen molar-refractivity contribution in [2.24, 2.45) is 0 Å². The maximum absolute atomic E-state index is 6.13. The van der Waals surface area contributed by atoms with Gasteiger partial charge in [-0.05, 0) is 57.2 Å². The van der Waals surface area contributed by atoms with Gasteiger partial charge in [-0.25, -0.2) is 0 Å². The molecule has 2 heterocycles. The van der Waals surface area contributed by atoms with Crippen molar-refractivity contribution in [1.82, 2.24) is 9.80 Å². The number of nitrogens with two attached hydrogens (primary N) is 1. The molecule has 2 aliphatic heterocycles. The Morgan fingerprint density at radius 3 is 2.74 bits per heavy atom. The second-order valence-corrected chi connectivity index (χ2v) is 6.82. The molecule has 1 unspecified atom stereocenters. The molecule has 0 amide bonds. The maximum atomic E-state index is 6.13. The third-order valence-electron chi connectivity index (χ3n) is 4.98. The summed E-state index contributed by atoms with van der Waals surface area (Å²) in [5, 5.41) is 0. The topological polar surface area (TPSA) is 45.0 Å². The van der Waals surface area contributed by atoms with E-state index in [1.54, 1.807) is 0 Å². The summed E-state index contributed by atoms with van der Waals surface area (Å²) >= 11 is 0. The van der Waals surface area contributed by atoms with Gasteiger partial charge >= 0.3 is 0 Å². The number of rotatable bonds is 5. The van der Waals surface area contributed by atoms with Crippen LogP contribution in [0.3, 0.4) is 0 Å². The molecule has 1 atom stereocenters. The van der Waals surface area contributed by atoms with Gasteiger partial charge in [0.1, 0.15) is 0 Å². The highest BCUT2D eigenvalue weighted by Gasteiger charge is 2.23. The molecule has 2 fully saturated rings. The summed E-state index contributed by atoms with van der Waals surface area (Å²) in [6, 6.07) is 8.15. The minimum atomic E-state index is 0.363. The first kappa shape index (κ1) is 16.6. The second-order valence-electron chi connectivity index (χ2n) is 6.82. The number of nitrogens with zero attached hydrogens (tertiary/aromatic N) is 3. The summed E-state index contributed by atoms with van der Waals surface area (Å²) in [7, 11) is 2.21. The van der Waals surface area contributed by atoms with E-state index in [9.17, 15) is 0 Å². The van der Waals surface area contributed by atoms with E-state index in [0.29, 0.717) is 6.10 Å². The van der Waals surface area contributed by atoms with Crippen LogP contribution in [0.1, 0.15) is 12.8 Å². The number of nitrogen functional groups attached to an aromatic ring is 1. The summed E-state index contributed by atoms with van der Waals surface area (Å²) in [5.41, 5.74) is 7.83. The van der Waals surface area contributed by atoms with Crippen molar-refractivity contribution in [3.8, 4) is 0 Å². The fourth-order valence-corrected chi connectivity index (χ4v) is 3.46. The van der Waals surface area contributed by atoms with Crippen LogP contribution in [-0.4, -0.2) is 75.4 Å². The largest absolute Gasteiger partial charge is 0.399 e. The lowest BCUT2D eigenvalue weighted by molar-refractivity contribution is 0.0510. The predicted octanol–water partition coefficient (Wildman–Crippen LogP) is 1.50. The van der Waals surface area contributed by atoms with Gasteiger partial charge in [0.2, 0.25) is 0 Å². The third kappa shape index (κ3) is 4.83. The van der Waals surface area contributed by atoms with Gasteiger partial charge in [0.25, 0.3) is 0 Å². The Hall–Kier alpha value is -1.30. The van der Waals surface area contributed by atoms with Crippen molar-refractivity contribution in [2.45, 2.75) is 18.9 Å². The predicted molar refractivity (Wildman–Crippen MR) is 96.0 cm³/mol. The lowest BCUT2D eigenvalue weighted by Crippen LogP contribution is -2.33. The molecule has 1 aromatic rings. The van der Waals surface area contributed by atoms with E-state index < -0.39 is 0 Å². The van der Waals surface area contributed by atoms with Gasteiger partial charge in [-0.1, -0.05) is 0 Å². The fourth-order valence-electron chi connectivity index (χ4n) is 3.46. The van der Waals surface area contributed by atoms with E-state index >= 15 is 0 Å². The van der Waals surface area contributed by atoms with Gasteiger partial charge in [0, 0.05) is 44.1 Å². The van der Waals surface area contributed by atoms with E-state index in [-0.39, 0.29) is 0 Å². The Bertz CT molecular complexity index is 478. The molecule has 5 nitrogen and oxygen atoms in total. The first-order valence-corrected chi connectivity index (χ1v) is 8.84. The summed E-state index contributed by atoms with van der Waals surface area (Å²) in [6.07, 6.45) is 2.75. The smallest absolute Gasteiger partial charge is 0.0767 e. The van der Waals surface area contributed by atoms with Crippen molar-refractivity contribution in [3.05, 3.63) is 24.3 Å². The molecule has 0 aliphatic carbocycles. The first-order chi connectivity index (χ1) is 11.2. The Balaban J connectivity index is 1.37. The van der Waals surface area contributed by atoms with Gasteiger partial charge in [-0.2, -0.15) is 0 Å². The molecular formula is C18H30N4O. The summed E-state index contributed by atoms with van der Waals surface area (Å²) in [6.45, 7) is 8.74. The summed E-state index contributed by atoms with van der Waals surface area (Å²) < 4.78 is 6.13. The Morgan fingerprint density at radius 1 is 1.09 bits per heavy atom. The average molecular weight is 318 g/mol. The molecule has 128 valence electrons. The number of benzene rings is 1. The average Bonchev–Trinajstić information content (AvgIpc) is 2.92. The molecule has 0 spiro atoms. The van der Waals surface area contributed by atoms with Crippen LogP contribution in [0.25, 0.3) is 0 Å². The summed E-state index contributed by atoms with van der Waals surface area (Å²) in [5.74, 6) is 0. The normalized spacial score (nSPS) is 24.0. The molecule has 0 aromatic heterocycles. The van der Waals surface area contributed by atoms with Crippen LogP contribution in [0.2, 0.25) is 0 Å². The highest BCUT2D eigenvalue weighted by Crippen LogP contribution is 2.22. The molecule has 3 rings (SSSR count). The highest BCUT2D eigenvalue weighted by atomic mass is 16.5. The van der Waals surface area contributed by atoms with Gasteiger partial charge in [-0.3, -0.25) is 4.90 Å². The number of hydrogen-bond acceptors (Lipinski definition) is 5. The molecule has 5 heteroatoms. The van der Waals surface area contributed by atoms with Crippen molar-refractivity contribution in [1.29, 1.82) is 0 Å². The third-order valence-corrected chi connectivity index (χ3v) is 4.98. The van der Waals surface area contributed by atoms with Crippen LogP contribution in [0.15, 0.2) is 24.3 Å². The molecule has 0 saturated carbocycles. The minimum Gasteiger partial charge on any atom is -0.399 e. The van der Waals surface area contributed by atoms with Gasteiger partial charge < -0.3 is 20.3 Å². The van der Waals surface area contributed by atoms with E-state index in [0.717, 1.165) is 38.3 Å². The van der Waals surface area contributed by atoms with E-state index in [1.165, 1.54) is 38.3 Å². The van der Waals surface area contributed by atoms with Crippen molar-refractivity contribution >= 4 is 11.4 Å². The first-order valence-electron chi connectivity index (χ1n) is 8.84. The zero-order valence-corrected chi connectivity index (χ0v) is 14.3. The minimum absolute atomic E-state index is 0.363. The standard InChI is InChI=1S/C18H30N4O/c1-20-8-2-9-21(12-11-20)13-14-23-18-7-10-22(15-18)17-5-3-16(19)4-6-17/h3-6,18H,2,7-15,19H2,1H3. The number of ether oxygens (including phenoxy) is 1. The van der Waals surface area contributed by atoms with Crippen LogP contribution in [0, 0.1) is 0 Å². The van der Waals surface area contributed by atoms with Crippen LogP contribution in [-0.2, 0) is 4.74 Å². The van der Waals surface area contributed by atoms with Crippen LogP contribution in [0.4, 0.5) is 11.4 Å².